The van der Waals surface area contributed by atoms with E-state index in [2.05, 4.69) is 16.4 Å². The van der Waals surface area contributed by atoms with Crippen molar-refractivity contribution in [3.63, 3.8) is 0 Å². The number of amides is 2. The fourth-order valence-electron chi connectivity index (χ4n) is 3.24. The number of aromatic nitrogens is 2. The molecule has 1 fully saturated rings. The third kappa shape index (κ3) is 2.91. The summed E-state index contributed by atoms with van der Waals surface area (Å²) in [5.74, 6) is 0.458. The van der Waals surface area contributed by atoms with E-state index in [1.54, 1.807) is 12.5 Å². The van der Waals surface area contributed by atoms with Crippen molar-refractivity contribution in [2.24, 2.45) is 5.73 Å². The average molecular weight is 284 g/mol. The fourth-order valence-corrected chi connectivity index (χ4v) is 3.24. The monoisotopic (exact) mass is 284 g/mol. The quantitative estimate of drug-likeness (QED) is 0.906. The number of carbonyl (C=O) groups is 1. The predicted molar refractivity (Wildman–Crippen MR) is 82.6 cm³/mol. The van der Waals surface area contributed by atoms with Crippen LogP contribution >= 0.6 is 0 Å². The van der Waals surface area contributed by atoms with Crippen LogP contribution in [0.5, 0.6) is 0 Å². The molecule has 5 nitrogen and oxygen atoms in total. The number of urea groups is 1. The Bertz CT molecular complexity index is 615. The van der Waals surface area contributed by atoms with Crippen LogP contribution in [0, 0.1) is 0 Å². The summed E-state index contributed by atoms with van der Waals surface area (Å²) >= 11 is 0. The number of imidazole rings is 1. The van der Waals surface area contributed by atoms with E-state index < -0.39 is 6.03 Å². The van der Waals surface area contributed by atoms with Gasteiger partial charge in [0.25, 0.3) is 0 Å². The van der Waals surface area contributed by atoms with Gasteiger partial charge in [0.15, 0.2) is 0 Å². The molecule has 1 saturated carbocycles. The summed E-state index contributed by atoms with van der Waals surface area (Å²) in [7, 11) is 0. The van der Waals surface area contributed by atoms with Gasteiger partial charge in [-0.05, 0) is 30.9 Å². The van der Waals surface area contributed by atoms with Gasteiger partial charge in [-0.3, -0.25) is 0 Å². The van der Waals surface area contributed by atoms with Crippen LogP contribution in [0.25, 0.3) is 5.69 Å². The van der Waals surface area contributed by atoms with Crippen LogP contribution < -0.4 is 11.1 Å². The van der Waals surface area contributed by atoms with Crippen LogP contribution in [-0.2, 0) is 0 Å². The zero-order valence-electron chi connectivity index (χ0n) is 12.0. The first-order valence-electron chi connectivity index (χ1n) is 7.43. The number of carbonyl (C=O) groups excluding carboxylic acids is 1. The van der Waals surface area contributed by atoms with E-state index in [1.807, 2.05) is 22.9 Å². The lowest BCUT2D eigenvalue weighted by molar-refractivity contribution is 0.259. The molecule has 2 aromatic rings. The lowest BCUT2D eigenvalue weighted by Crippen LogP contribution is -2.22. The first-order valence-corrected chi connectivity index (χ1v) is 7.43. The summed E-state index contributed by atoms with van der Waals surface area (Å²) in [6, 6.07) is 5.41. The van der Waals surface area contributed by atoms with Crippen LogP contribution in [-0.4, -0.2) is 15.6 Å². The molecule has 1 aliphatic carbocycles. The number of primary amides is 1. The van der Waals surface area contributed by atoms with Crippen LogP contribution in [0.4, 0.5) is 10.5 Å². The molecule has 0 spiro atoms. The molecule has 5 heteroatoms. The second-order valence-electron chi connectivity index (χ2n) is 5.53. The summed E-state index contributed by atoms with van der Waals surface area (Å²) in [5.41, 5.74) is 8.39. The van der Waals surface area contributed by atoms with E-state index in [0.29, 0.717) is 5.92 Å². The SMILES string of the molecule is NC(=O)Nc1cccc(-n2ccnc2)c1C1CCCCC1. The van der Waals surface area contributed by atoms with E-state index >= 15 is 0 Å². The normalized spacial score (nSPS) is 15.8. The second kappa shape index (κ2) is 5.99. The Hall–Kier alpha value is -2.30. The Labute approximate surface area is 124 Å². The largest absolute Gasteiger partial charge is 0.351 e. The minimum absolute atomic E-state index is 0.458. The maximum Gasteiger partial charge on any atom is 0.316 e. The van der Waals surface area contributed by atoms with Gasteiger partial charge >= 0.3 is 6.03 Å². The summed E-state index contributed by atoms with van der Waals surface area (Å²) in [5, 5.41) is 2.78. The standard InChI is InChI=1S/C16H20N4O/c17-16(21)19-13-7-4-8-14(20-10-9-18-11-20)15(13)12-5-2-1-3-6-12/h4,7-12H,1-3,5-6H2,(H3,17,19,21). The predicted octanol–water partition coefficient (Wildman–Crippen LogP) is 3.41. The molecule has 21 heavy (non-hydrogen) atoms. The van der Waals surface area contributed by atoms with E-state index in [9.17, 15) is 4.79 Å². The van der Waals surface area contributed by atoms with E-state index in [0.717, 1.165) is 24.2 Å². The smallest absolute Gasteiger partial charge is 0.316 e. The third-order valence-electron chi connectivity index (χ3n) is 4.14. The molecule has 0 atom stereocenters. The molecule has 2 amide bonds. The molecule has 1 aromatic heterocycles. The molecular formula is C16H20N4O. The highest BCUT2D eigenvalue weighted by atomic mass is 16.2. The minimum atomic E-state index is -0.519. The van der Waals surface area contributed by atoms with Gasteiger partial charge in [-0.2, -0.15) is 0 Å². The molecule has 1 aliphatic rings. The summed E-state index contributed by atoms with van der Waals surface area (Å²) in [6.45, 7) is 0. The van der Waals surface area contributed by atoms with Gasteiger partial charge in [-0.1, -0.05) is 25.3 Å². The zero-order valence-corrected chi connectivity index (χ0v) is 12.0. The number of nitrogens with two attached hydrogens (primary N) is 1. The Balaban J connectivity index is 2.08. The second-order valence-corrected chi connectivity index (χ2v) is 5.53. The first kappa shape index (κ1) is 13.7. The lowest BCUT2D eigenvalue weighted by atomic mass is 9.82. The maximum absolute atomic E-state index is 11.3. The number of nitrogens with one attached hydrogen (secondary N) is 1. The van der Waals surface area contributed by atoms with Gasteiger partial charge in [0, 0.05) is 23.6 Å². The van der Waals surface area contributed by atoms with Crippen molar-refractivity contribution in [2.45, 2.75) is 38.0 Å². The van der Waals surface area contributed by atoms with Crippen molar-refractivity contribution in [3.8, 4) is 5.69 Å². The number of rotatable bonds is 3. The average Bonchev–Trinajstić information content (AvgIpc) is 3.01. The molecule has 3 N–H and O–H groups in total. The Morgan fingerprint density at radius 2 is 2.10 bits per heavy atom. The molecule has 1 heterocycles. The first-order chi connectivity index (χ1) is 10.3. The van der Waals surface area contributed by atoms with Gasteiger partial charge in [0.2, 0.25) is 0 Å². The highest BCUT2D eigenvalue weighted by Crippen LogP contribution is 2.39. The number of hydrogen-bond acceptors (Lipinski definition) is 2. The molecule has 0 bridgehead atoms. The molecule has 3 rings (SSSR count). The van der Waals surface area contributed by atoms with E-state index in [4.69, 9.17) is 5.73 Å². The number of anilines is 1. The molecular weight excluding hydrogens is 264 g/mol. The molecule has 0 unspecified atom stereocenters. The van der Waals surface area contributed by atoms with Crippen LogP contribution in [0.15, 0.2) is 36.9 Å². The van der Waals surface area contributed by atoms with Gasteiger partial charge in [0.1, 0.15) is 0 Å². The van der Waals surface area contributed by atoms with Gasteiger partial charge in [0.05, 0.1) is 12.0 Å². The van der Waals surface area contributed by atoms with Crippen LogP contribution in [0.3, 0.4) is 0 Å². The minimum Gasteiger partial charge on any atom is -0.351 e. The third-order valence-corrected chi connectivity index (χ3v) is 4.14. The zero-order chi connectivity index (χ0) is 14.7. The molecule has 1 aromatic carbocycles. The van der Waals surface area contributed by atoms with Gasteiger partial charge < -0.3 is 15.6 Å². The van der Waals surface area contributed by atoms with Gasteiger partial charge in [-0.25, -0.2) is 9.78 Å². The topological polar surface area (TPSA) is 72.9 Å². The van der Waals surface area contributed by atoms with E-state index in [1.165, 1.54) is 24.8 Å². The highest BCUT2D eigenvalue weighted by molar-refractivity contribution is 5.89. The molecule has 0 aliphatic heterocycles. The lowest BCUT2D eigenvalue weighted by Gasteiger charge is -2.27. The molecule has 0 saturated heterocycles. The van der Waals surface area contributed by atoms with Crippen molar-refractivity contribution in [2.75, 3.05) is 5.32 Å². The highest BCUT2D eigenvalue weighted by Gasteiger charge is 2.22. The van der Waals surface area contributed by atoms with Crippen molar-refractivity contribution in [3.05, 3.63) is 42.5 Å². The van der Waals surface area contributed by atoms with Crippen molar-refractivity contribution < 1.29 is 4.79 Å². The van der Waals surface area contributed by atoms with Gasteiger partial charge in [-0.15, -0.1) is 0 Å². The molecule has 0 radical (unpaired) electrons. The maximum atomic E-state index is 11.3. The summed E-state index contributed by atoms with van der Waals surface area (Å²) < 4.78 is 2.00. The van der Waals surface area contributed by atoms with Crippen molar-refractivity contribution in [1.82, 2.24) is 9.55 Å². The summed E-state index contributed by atoms with van der Waals surface area (Å²) in [6.07, 6.45) is 11.5. The van der Waals surface area contributed by atoms with E-state index in [-0.39, 0.29) is 0 Å². The van der Waals surface area contributed by atoms with Crippen LogP contribution in [0.1, 0.15) is 43.6 Å². The van der Waals surface area contributed by atoms with Crippen molar-refractivity contribution >= 4 is 11.7 Å². The number of nitrogens with zero attached hydrogens (tertiary/aromatic N) is 2. The Morgan fingerprint density at radius 3 is 2.76 bits per heavy atom. The number of benzene rings is 1. The Kier molecular flexibility index (Phi) is 3.90. The summed E-state index contributed by atoms with van der Waals surface area (Å²) in [4.78, 5) is 15.4. The molecule has 110 valence electrons. The van der Waals surface area contributed by atoms with Crippen molar-refractivity contribution in [1.29, 1.82) is 0 Å². The van der Waals surface area contributed by atoms with Crippen LogP contribution in [0.2, 0.25) is 0 Å². The Morgan fingerprint density at radius 1 is 1.29 bits per heavy atom. The fraction of sp³-hybridized carbons (Fsp3) is 0.375. The number of hydrogen-bond donors (Lipinski definition) is 2.